The minimum absolute atomic E-state index is 0.804. The lowest BCUT2D eigenvalue weighted by Crippen LogP contribution is -2.02. The molecule has 0 spiro atoms. The molecule has 0 aliphatic carbocycles. The largest absolute Gasteiger partial charge is 0.493 e. The zero-order valence-electron chi connectivity index (χ0n) is 24.8. The first-order valence-corrected chi connectivity index (χ1v) is 16.1. The molecule has 0 unspecified atom stereocenters. The van der Waals surface area contributed by atoms with Gasteiger partial charge < -0.3 is 9.47 Å². The molecule has 0 aliphatic rings. The van der Waals surface area contributed by atoms with Crippen LogP contribution in [0.15, 0.2) is 30.3 Å². The molecule has 0 bridgehead atoms. The molecule has 0 saturated carbocycles. The maximum Gasteiger partial charge on any atom is 0.130 e. The molecule has 0 saturated heterocycles. The fourth-order valence-corrected chi connectivity index (χ4v) is 5.29. The van der Waals surface area contributed by atoms with Gasteiger partial charge in [-0.15, -0.1) is 0 Å². The molecule has 2 heteroatoms. The van der Waals surface area contributed by atoms with Gasteiger partial charge in [0, 0.05) is 10.8 Å². The standard InChI is InChI=1S/C35H58O2/c1-4-6-8-10-12-14-16-18-20-24-28-36-34-30-31(3)35(33-27-23-22-26-32(33)34)37-29-25-21-19-17-15-13-11-9-7-5-2/h22-23,26-27,30H,4-21,24-25,28-29H2,1-3H3. The fraction of sp³-hybridized carbons (Fsp3) is 0.714. The Bertz CT molecular complexity index is 812. The first-order chi connectivity index (χ1) is 18.3. The average Bonchev–Trinajstić information content (AvgIpc) is 2.91. The predicted molar refractivity (Wildman–Crippen MR) is 163 cm³/mol. The van der Waals surface area contributed by atoms with E-state index in [2.05, 4.69) is 51.1 Å². The molecule has 0 amide bonds. The minimum atomic E-state index is 0.804. The third-order valence-corrected chi connectivity index (χ3v) is 7.64. The van der Waals surface area contributed by atoms with Crippen molar-refractivity contribution in [3.8, 4) is 11.5 Å². The average molecular weight is 511 g/mol. The van der Waals surface area contributed by atoms with Gasteiger partial charge in [-0.25, -0.2) is 0 Å². The van der Waals surface area contributed by atoms with Gasteiger partial charge in [0.2, 0.25) is 0 Å². The Morgan fingerprint density at radius 2 is 0.892 bits per heavy atom. The highest BCUT2D eigenvalue weighted by atomic mass is 16.5. The first-order valence-electron chi connectivity index (χ1n) is 16.1. The lowest BCUT2D eigenvalue weighted by molar-refractivity contribution is 0.299. The van der Waals surface area contributed by atoms with Crippen LogP contribution in [0.4, 0.5) is 0 Å². The van der Waals surface area contributed by atoms with Crippen molar-refractivity contribution in [1.82, 2.24) is 0 Å². The number of ether oxygens (including phenoxy) is 2. The van der Waals surface area contributed by atoms with Crippen molar-refractivity contribution in [1.29, 1.82) is 0 Å². The molecule has 0 N–H and O–H groups in total. The summed E-state index contributed by atoms with van der Waals surface area (Å²) < 4.78 is 12.6. The van der Waals surface area contributed by atoms with Crippen LogP contribution in [0, 0.1) is 6.92 Å². The van der Waals surface area contributed by atoms with E-state index in [-0.39, 0.29) is 0 Å². The number of hydrogen-bond acceptors (Lipinski definition) is 2. The van der Waals surface area contributed by atoms with Gasteiger partial charge in [0.25, 0.3) is 0 Å². The molecule has 0 radical (unpaired) electrons. The summed E-state index contributed by atoms with van der Waals surface area (Å²) in [6.45, 7) is 8.34. The third-order valence-electron chi connectivity index (χ3n) is 7.64. The normalized spacial score (nSPS) is 11.3. The number of unbranched alkanes of at least 4 members (excludes halogenated alkanes) is 18. The predicted octanol–water partition coefficient (Wildman–Crippen LogP) is 11.7. The van der Waals surface area contributed by atoms with E-state index in [4.69, 9.17) is 9.47 Å². The van der Waals surface area contributed by atoms with E-state index in [0.717, 1.165) is 37.6 Å². The van der Waals surface area contributed by atoms with Gasteiger partial charge in [-0.1, -0.05) is 154 Å². The number of rotatable bonds is 24. The summed E-state index contributed by atoms with van der Waals surface area (Å²) in [7, 11) is 0. The molecule has 0 aromatic heterocycles. The molecule has 0 aliphatic heterocycles. The monoisotopic (exact) mass is 510 g/mol. The van der Waals surface area contributed by atoms with Crippen molar-refractivity contribution in [2.24, 2.45) is 0 Å². The lowest BCUT2D eigenvalue weighted by Gasteiger charge is -2.16. The molecule has 2 nitrogen and oxygen atoms in total. The van der Waals surface area contributed by atoms with Gasteiger partial charge >= 0.3 is 0 Å². The van der Waals surface area contributed by atoms with Crippen molar-refractivity contribution in [3.05, 3.63) is 35.9 Å². The number of fused-ring (bicyclic) bond motifs is 1. The first kappa shape index (κ1) is 31.5. The van der Waals surface area contributed by atoms with Crippen molar-refractivity contribution in [3.63, 3.8) is 0 Å². The van der Waals surface area contributed by atoms with Crippen LogP contribution in [0.2, 0.25) is 0 Å². The van der Waals surface area contributed by atoms with Crippen LogP contribution < -0.4 is 9.47 Å². The Labute approximate surface area is 229 Å². The van der Waals surface area contributed by atoms with Gasteiger partial charge in [0.15, 0.2) is 0 Å². The highest BCUT2D eigenvalue weighted by molar-refractivity contribution is 5.94. The van der Waals surface area contributed by atoms with Crippen LogP contribution in [-0.2, 0) is 0 Å². The summed E-state index contributed by atoms with van der Waals surface area (Å²) in [4.78, 5) is 0. The Morgan fingerprint density at radius 1 is 0.486 bits per heavy atom. The zero-order valence-corrected chi connectivity index (χ0v) is 24.8. The van der Waals surface area contributed by atoms with E-state index in [1.807, 2.05) is 0 Å². The van der Waals surface area contributed by atoms with E-state index < -0.39 is 0 Å². The molecule has 0 heterocycles. The second kappa shape index (κ2) is 21.3. The van der Waals surface area contributed by atoms with Crippen molar-refractivity contribution in [2.75, 3.05) is 13.2 Å². The smallest absolute Gasteiger partial charge is 0.130 e. The molecular formula is C35H58O2. The summed E-state index contributed by atoms with van der Waals surface area (Å²) >= 11 is 0. The summed E-state index contributed by atoms with van der Waals surface area (Å²) in [5, 5.41) is 2.37. The van der Waals surface area contributed by atoms with Gasteiger partial charge in [-0.05, 0) is 31.4 Å². The quantitative estimate of drug-likeness (QED) is 0.131. The number of hydrogen-bond donors (Lipinski definition) is 0. The summed E-state index contributed by atoms with van der Waals surface area (Å²) in [6.07, 6.45) is 27.0. The number of aryl methyl sites for hydroxylation is 1. The molecule has 0 atom stereocenters. The van der Waals surface area contributed by atoms with E-state index in [1.54, 1.807) is 0 Å². The minimum Gasteiger partial charge on any atom is -0.493 e. The van der Waals surface area contributed by atoms with E-state index in [0.29, 0.717) is 0 Å². The lowest BCUT2D eigenvalue weighted by atomic mass is 10.0. The molecule has 37 heavy (non-hydrogen) atoms. The van der Waals surface area contributed by atoms with Crippen LogP contribution >= 0.6 is 0 Å². The second-order valence-electron chi connectivity index (χ2n) is 11.1. The maximum atomic E-state index is 6.33. The Balaban J connectivity index is 1.66. The Hall–Kier alpha value is -1.70. The Kier molecular flexibility index (Phi) is 18.1. The van der Waals surface area contributed by atoms with E-state index in [1.165, 1.54) is 132 Å². The van der Waals surface area contributed by atoms with E-state index in [9.17, 15) is 0 Å². The van der Waals surface area contributed by atoms with Gasteiger partial charge in [0.05, 0.1) is 13.2 Å². The van der Waals surface area contributed by atoms with Crippen LogP contribution in [0.5, 0.6) is 11.5 Å². The van der Waals surface area contributed by atoms with Gasteiger partial charge in [-0.3, -0.25) is 0 Å². The van der Waals surface area contributed by atoms with Gasteiger partial charge in [-0.2, -0.15) is 0 Å². The molecular weight excluding hydrogens is 452 g/mol. The van der Waals surface area contributed by atoms with Gasteiger partial charge in [0.1, 0.15) is 11.5 Å². The van der Waals surface area contributed by atoms with Crippen LogP contribution in [-0.4, -0.2) is 13.2 Å². The Morgan fingerprint density at radius 3 is 1.38 bits per heavy atom. The SMILES string of the molecule is CCCCCCCCCCCCOc1cc(C)c(OCCCCCCCCCCCC)c2ccccc12. The fourth-order valence-electron chi connectivity index (χ4n) is 5.29. The van der Waals surface area contributed by atoms with Crippen molar-refractivity contribution < 1.29 is 9.47 Å². The van der Waals surface area contributed by atoms with Crippen molar-refractivity contribution >= 4 is 10.8 Å². The second-order valence-corrected chi connectivity index (χ2v) is 11.1. The topological polar surface area (TPSA) is 18.5 Å². The molecule has 2 rings (SSSR count). The third kappa shape index (κ3) is 13.6. The highest BCUT2D eigenvalue weighted by Crippen LogP contribution is 2.36. The zero-order chi connectivity index (χ0) is 26.4. The molecule has 210 valence electrons. The molecule has 0 fully saturated rings. The van der Waals surface area contributed by atoms with Crippen LogP contribution in [0.1, 0.15) is 148 Å². The number of benzene rings is 2. The highest BCUT2D eigenvalue weighted by Gasteiger charge is 2.12. The summed E-state index contributed by atoms with van der Waals surface area (Å²) in [5.74, 6) is 2.05. The van der Waals surface area contributed by atoms with E-state index >= 15 is 0 Å². The maximum absolute atomic E-state index is 6.33. The van der Waals surface area contributed by atoms with Crippen LogP contribution in [0.3, 0.4) is 0 Å². The molecule has 2 aromatic carbocycles. The van der Waals surface area contributed by atoms with Crippen LogP contribution in [0.25, 0.3) is 10.8 Å². The molecule has 2 aromatic rings. The summed E-state index contributed by atoms with van der Waals surface area (Å²) in [5.41, 5.74) is 1.18. The summed E-state index contributed by atoms with van der Waals surface area (Å²) in [6, 6.07) is 10.8. The van der Waals surface area contributed by atoms with Crippen molar-refractivity contribution in [2.45, 2.75) is 149 Å².